The van der Waals surface area contributed by atoms with Crippen LogP contribution in [-0.2, 0) is 6.42 Å². The molecule has 0 radical (unpaired) electrons. The Morgan fingerprint density at radius 1 is 1.44 bits per heavy atom. The Kier molecular flexibility index (Phi) is 5.64. The summed E-state index contributed by atoms with van der Waals surface area (Å²) in [6, 6.07) is 2.81. The van der Waals surface area contributed by atoms with Gasteiger partial charge in [0.05, 0.1) is 0 Å². The van der Waals surface area contributed by atoms with Crippen molar-refractivity contribution in [2.45, 2.75) is 51.5 Å². The van der Waals surface area contributed by atoms with E-state index < -0.39 is 0 Å². The number of nitrogens with zero attached hydrogens (tertiary/aromatic N) is 1. The zero-order valence-corrected chi connectivity index (χ0v) is 12.7. The number of pyridine rings is 1. The molecule has 0 saturated heterocycles. The van der Waals surface area contributed by atoms with Crippen LogP contribution < -0.4 is 5.32 Å². The summed E-state index contributed by atoms with van der Waals surface area (Å²) >= 11 is 3.50. The van der Waals surface area contributed by atoms with Crippen molar-refractivity contribution in [3.8, 4) is 0 Å². The monoisotopic (exact) mass is 310 g/mol. The van der Waals surface area contributed by atoms with E-state index in [1.165, 1.54) is 37.7 Å². The second-order valence-corrected chi connectivity index (χ2v) is 6.31. The first kappa shape index (κ1) is 14.0. The fraction of sp³-hybridized carbons (Fsp3) is 0.667. The van der Waals surface area contributed by atoms with E-state index >= 15 is 0 Å². The molecule has 1 N–H and O–H groups in total. The first-order chi connectivity index (χ1) is 8.78. The quantitative estimate of drug-likeness (QED) is 0.825. The molecule has 0 aromatic carbocycles. The van der Waals surface area contributed by atoms with Crippen molar-refractivity contribution in [1.29, 1.82) is 0 Å². The fourth-order valence-electron chi connectivity index (χ4n) is 2.57. The van der Waals surface area contributed by atoms with Crippen LogP contribution in [0.4, 0.5) is 0 Å². The van der Waals surface area contributed by atoms with Gasteiger partial charge in [0, 0.05) is 22.9 Å². The van der Waals surface area contributed by atoms with E-state index in [1.54, 1.807) is 0 Å². The van der Waals surface area contributed by atoms with E-state index in [1.807, 2.05) is 12.4 Å². The van der Waals surface area contributed by atoms with Crippen LogP contribution in [0.25, 0.3) is 0 Å². The Balaban J connectivity index is 1.90. The highest BCUT2D eigenvalue weighted by molar-refractivity contribution is 9.10. The molecule has 0 aliphatic heterocycles. The van der Waals surface area contributed by atoms with Gasteiger partial charge in [0.1, 0.15) is 0 Å². The molecule has 1 unspecified atom stereocenters. The van der Waals surface area contributed by atoms with E-state index in [9.17, 15) is 0 Å². The van der Waals surface area contributed by atoms with Crippen molar-refractivity contribution in [3.63, 3.8) is 0 Å². The van der Waals surface area contributed by atoms with Crippen molar-refractivity contribution in [3.05, 3.63) is 28.5 Å². The molecule has 1 heterocycles. The highest BCUT2D eigenvalue weighted by atomic mass is 79.9. The third-order valence-electron chi connectivity index (χ3n) is 3.77. The molecule has 0 amide bonds. The van der Waals surface area contributed by atoms with Crippen molar-refractivity contribution >= 4 is 15.9 Å². The van der Waals surface area contributed by atoms with Gasteiger partial charge in [-0.15, -0.1) is 0 Å². The second-order valence-electron chi connectivity index (χ2n) is 5.40. The molecule has 1 aliphatic carbocycles. The molecule has 100 valence electrons. The maximum absolute atomic E-state index is 4.26. The van der Waals surface area contributed by atoms with Crippen LogP contribution in [0.15, 0.2) is 22.9 Å². The maximum atomic E-state index is 4.26. The molecule has 3 heteroatoms. The Bertz CT molecular complexity index is 363. The predicted molar refractivity (Wildman–Crippen MR) is 79.7 cm³/mol. The lowest BCUT2D eigenvalue weighted by atomic mass is 9.80. The predicted octanol–water partition coefficient (Wildman–Crippen LogP) is 3.95. The lowest BCUT2D eigenvalue weighted by molar-refractivity contribution is 0.259. The summed E-state index contributed by atoms with van der Waals surface area (Å²) in [5.74, 6) is 0.958. The highest BCUT2D eigenvalue weighted by Crippen LogP contribution is 2.31. The van der Waals surface area contributed by atoms with Gasteiger partial charge in [-0.05, 0) is 59.3 Å². The number of aromatic nitrogens is 1. The summed E-state index contributed by atoms with van der Waals surface area (Å²) in [5.41, 5.74) is 1.33. The third kappa shape index (κ3) is 4.36. The van der Waals surface area contributed by atoms with Gasteiger partial charge in [-0.2, -0.15) is 0 Å². The zero-order valence-electron chi connectivity index (χ0n) is 11.2. The summed E-state index contributed by atoms with van der Waals surface area (Å²) in [4.78, 5) is 4.26. The Hall–Kier alpha value is -0.410. The van der Waals surface area contributed by atoms with Crippen LogP contribution in [0.3, 0.4) is 0 Å². The normalized spacial score (nSPS) is 17.4. The van der Waals surface area contributed by atoms with Crippen molar-refractivity contribution in [2.75, 3.05) is 6.54 Å². The standard InChI is InChI=1S/C15H23BrN2/c1-2-6-18-15(8-12-4-3-5-12)9-13-7-14(16)11-17-10-13/h7,10-12,15,18H,2-6,8-9H2,1H3. The maximum Gasteiger partial charge on any atom is 0.0410 e. The molecule has 1 aliphatic rings. The molecular formula is C15H23BrN2. The van der Waals surface area contributed by atoms with Crippen LogP contribution in [0, 0.1) is 5.92 Å². The molecule has 1 atom stereocenters. The smallest absolute Gasteiger partial charge is 0.0410 e. The number of halogens is 1. The number of hydrogen-bond donors (Lipinski definition) is 1. The highest BCUT2D eigenvalue weighted by Gasteiger charge is 2.22. The van der Waals surface area contributed by atoms with Crippen molar-refractivity contribution in [1.82, 2.24) is 10.3 Å². The van der Waals surface area contributed by atoms with E-state index in [-0.39, 0.29) is 0 Å². The summed E-state index contributed by atoms with van der Waals surface area (Å²) < 4.78 is 1.08. The molecule has 2 nitrogen and oxygen atoms in total. The fourth-order valence-corrected chi connectivity index (χ4v) is 2.98. The van der Waals surface area contributed by atoms with Crippen LogP contribution in [-0.4, -0.2) is 17.6 Å². The molecular weight excluding hydrogens is 288 g/mol. The average Bonchev–Trinajstić information content (AvgIpc) is 2.30. The van der Waals surface area contributed by atoms with Crippen LogP contribution >= 0.6 is 15.9 Å². The van der Waals surface area contributed by atoms with Gasteiger partial charge < -0.3 is 5.32 Å². The minimum absolute atomic E-state index is 0.617. The van der Waals surface area contributed by atoms with Gasteiger partial charge in [0.25, 0.3) is 0 Å². The van der Waals surface area contributed by atoms with Gasteiger partial charge >= 0.3 is 0 Å². The van der Waals surface area contributed by atoms with Crippen LogP contribution in [0.5, 0.6) is 0 Å². The topological polar surface area (TPSA) is 24.9 Å². The summed E-state index contributed by atoms with van der Waals surface area (Å²) in [6.07, 6.45) is 11.8. The van der Waals surface area contributed by atoms with Gasteiger partial charge in [-0.1, -0.05) is 26.2 Å². The molecule has 1 aromatic rings. The molecule has 0 bridgehead atoms. The van der Waals surface area contributed by atoms with Crippen molar-refractivity contribution < 1.29 is 0 Å². The minimum atomic E-state index is 0.617. The van der Waals surface area contributed by atoms with Gasteiger partial charge in [-0.3, -0.25) is 4.98 Å². The average molecular weight is 311 g/mol. The van der Waals surface area contributed by atoms with Crippen LogP contribution in [0.1, 0.15) is 44.6 Å². The van der Waals surface area contributed by atoms with E-state index in [0.29, 0.717) is 6.04 Å². The summed E-state index contributed by atoms with van der Waals surface area (Å²) in [5, 5.41) is 3.69. The number of nitrogens with one attached hydrogen (secondary N) is 1. The minimum Gasteiger partial charge on any atom is -0.314 e. The SMILES string of the molecule is CCCNC(Cc1cncc(Br)c1)CC1CCC1. The largest absolute Gasteiger partial charge is 0.314 e. The van der Waals surface area contributed by atoms with E-state index in [2.05, 4.69) is 39.2 Å². The molecule has 1 fully saturated rings. The first-order valence-corrected chi connectivity index (χ1v) is 7.90. The molecule has 18 heavy (non-hydrogen) atoms. The van der Waals surface area contributed by atoms with Gasteiger partial charge in [0.15, 0.2) is 0 Å². The Morgan fingerprint density at radius 3 is 2.89 bits per heavy atom. The lowest BCUT2D eigenvalue weighted by Crippen LogP contribution is -2.35. The number of hydrogen-bond acceptors (Lipinski definition) is 2. The van der Waals surface area contributed by atoms with Crippen molar-refractivity contribution in [2.24, 2.45) is 5.92 Å². The molecule has 1 aromatic heterocycles. The van der Waals surface area contributed by atoms with E-state index in [0.717, 1.165) is 23.4 Å². The van der Waals surface area contributed by atoms with Crippen LogP contribution in [0.2, 0.25) is 0 Å². The summed E-state index contributed by atoms with van der Waals surface area (Å²) in [7, 11) is 0. The summed E-state index contributed by atoms with van der Waals surface area (Å²) in [6.45, 7) is 3.35. The van der Waals surface area contributed by atoms with Gasteiger partial charge in [0.2, 0.25) is 0 Å². The lowest BCUT2D eigenvalue weighted by Gasteiger charge is -2.30. The number of rotatable bonds is 7. The first-order valence-electron chi connectivity index (χ1n) is 7.10. The second kappa shape index (κ2) is 7.25. The Labute approximate surface area is 119 Å². The third-order valence-corrected chi connectivity index (χ3v) is 4.20. The Morgan fingerprint density at radius 2 is 2.28 bits per heavy atom. The molecule has 2 rings (SSSR count). The molecule has 1 saturated carbocycles. The van der Waals surface area contributed by atoms with E-state index in [4.69, 9.17) is 0 Å². The molecule has 0 spiro atoms. The van der Waals surface area contributed by atoms with Gasteiger partial charge in [-0.25, -0.2) is 0 Å². The zero-order chi connectivity index (χ0) is 12.8.